The molecule has 0 heterocycles. The molecule has 0 unspecified atom stereocenters. The maximum atomic E-state index is 12.0. The van der Waals surface area contributed by atoms with Gasteiger partial charge in [-0.1, -0.05) is 37.0 Å². The minimum absolute atomic E-state index is 0.126. The van der Waals surface area contributed by atoms with Gasteiger partial charge >= 0.3 is 0 Å². The highest BCUT2D eigenvalue weighted by molar-refractivity contribution is 6.35. The topological polar surface area (TPSA) is 52.9 Å². The summed E-state index contributed by atoms with van der Waals surface area (Å²) in [6, 6.07) is 7.04. The molecule has 0 saturated carbocycles. The highest BCUT2D eigenvalue weighted by atomic mass is 35.5. The number of anilines is 1. The molecule has 0 atom stereocenters. The summed E-state index contributed by atoms with van der Waals surface area (Å²) in [5.41, 5.74) is 1.34. The van der Waals surface area contributed by atoms with E-state index in [1.54, 1.807) is 18.2 Å². The van der Waals surface area contributed by atoms with Crippen molar-refractivity contribution in [3.8, 4) is 6.07 Å². The van der Waals surface area contributed by atoms with Crippen LogP contribution in [0.25, 0.3) is 0 Å². The van der Waals surface area contributed by atoms with Crippen LogP contribution >= 0.6 is 23.2 Å². The number of rotatable bonds is 2. The number of nitrogens with zero attached hydrogens (tertiary/aromatic N) is 1. The van der Waals surface area contributed by atoms with Gasteiger partial charge in [0.15, 0.2) is 5.78 Å². The van der Waals surface area contributed by atoms with E-state index in [2.05, 4.69) is 5.32 Å². The smallest absolute Gasteiger partial charge is 0.175 e. The fourth-order valence-corrected chi connectivity index (χ4v) is 2.88. The van der Waals surface area contributed by atoms with Gasteiger partial charge in [-0.25, -0.2) is 0 Å². The van der Waals surface area contributed by atoms with Crippen molar-refractivity contribution in [1.29, 1.82) is 5.26 Å². The summed E-state index contributed by atoms with van der Waals surface area (Å²) in [6.07, 6.45) is 1.02. The van der Waals surface area contributed by atoms with E-state index in [9.17, 15) is 4.79 Å². The lowest BCUT2D eigenvalue weighted by atomic mass is 9.76. The maximum Gasteiger partial charge on any atom is 0.175 e. The number of hydrogen-bond acceptors (Lipinski definition) is 3. The number of ketones is 1. The molecule has 3 nitrogen and oxygen atoms in total. The molecule has 1 aromatic carbocycles. The third-order valence-corrected chi connectivity index (χ3v) is 3.58. The first-order chi connectivity index (χ1) is 9.30. The zero-order valence-electron chi connectivity index (χ0n) is 11.3. The van der Waals surface area contributed by atoms with E-state index in [4.69, 9.17) is 28.5 Å². The van der Waals surface area contributed by atoms with Crippen LogP contribution in [0.5, 0.6) is 0 Å². The largest absolute Gasteiger partial charge is 0.358 e. The molecular formula is C15H14Cl2N2O. The lowest BCUT2D eigenvalue weighted by molar-refractivity contribution is -0.117. The van der Waals surface area contributed by atoms with Crippen molar-refractivity contribution in [1.82, 2.24) is 0 Å². The molecule has 20 heavy (non-hydrogen) atoms. The van der Waals surface area contributed by atoms with Crippen molar-refractivity contribution in [2.24, 2.45) is 5.41 Å². The predicted molar refractivity (Wildman–Crippen MR) is 80.7 cm³/mol. The number of carbonyl (C=O) groups is 1. The monoisotopic (exact) mass is 308 g/mol. The molecule has 0 radical (unpaired) electrons. The lowest BCUT2D eigenvalue weighted by Gasteiger charge is -2.30. The van der Waals surface area contributed by atoms with Gasteiger partial charge in [-0.3, -0.25) is 4.79 Å². The van der Waals surface area contributed by atoms with E-state index in [1.807, 2.05) is 19.9 Å². The van der Waals surface area contributed by atoms with Crippen molar-refractivity contribution < 1.29 is 4.79 Å². The third kappa shape index (κ3) is 3.33. The predicted octanol–water partition coefficient (Wildman–Crippen LogP) is 4.57. The Morgan fingerprint density at radius 3 is 2.35 bits per heavy atom. The first kappa shape index (κ1) is 14.9. The molecule has 104 valence electrons. The van der Waals surface area contributed by atoms with Gasteiger partial charge in [0.25, 0.3) is 0 Å². The summed E-state index contributed by atoms with van der Waals surface area (Å²) in [6.45, 7) is 4.01. The number of hydrogen-bond donors (Lipinski definition) is 1. The van der Waals surface area contributed by atoms with Crippen molar-refractivity contribution >= 4 is 34.7 Å². The Hall–Kier alpha value is -1.50. The van der Waals surface area contributed by atoms with E-state index in [1.165, 1.54) is 0 Å². The molecule has 1 aromatic rings. The van der Waals surface area contributed by atoms with Crippen LogP contribution < -0.4 is 5.32 Å². The average molecular weight is 309 g/mol. The van der Waals surface area contributed by atoms with Gasteiger partial charge < -0.3 is 5.32 Å². The molecule has 0 bridgehead atoms. The summed E-state index contributed by atoms with van der Waals surface area (Å²) < 4.78 is 0. The minimum atomic E-state index is -0.165. The Balaban J connectivity index is 2.39. The van der Waals surface area contributed by atoms with E-state index in [0.29, 0.717) is 34.3 Å². The summed E-state index contributed by atoms with van der Waals surface area (Å²) in [5, 5.41) is 13.3. The van der Waals surface area contributed by atoms with Crippen LogP contribution in [-0.2, 0) is 4.79 Å². The van der Waals surface area contributed by atoms with Gasteiger partial charge in [0.2, 0.25) is 0 Å². The summed E-state index contributed by atoms with van der Waals surface area (Å²) in [4.78, 5) is 12.0. The summed E-state index contributed by atoms with van der Waals surface area (Å²) >= 11 is 11.9. The normalized spacial score (nSPS) is 17.9. The standard InChI is InChI=1S/C15H14Cl2N2O/c1-15(2)6-13(12(8-18)14(20)7-15)19-11-4-9(16)3-10(17)5-11/h3-5,19H,6-7H2,1-2H3. The summed E-state index contributed by atoms with van der Waals surface area (Å²) in [7, 11) is 0. The van der Waals surface area contributed by atoms with Gasteiger partial charge in [0.1, 0.15) is 11.6 Å². The number of allylic oxidation sites excluding steroid dienone is 2. The molecule has 0 spiro atoms. The van der Waals surface area contributed by atoms with E-state index in [0.717, 1.165) is 0 Å². The fraction of sp³-hybridized carbons (Fsp3) is 0.333. The Morgan fingerprint density at radius 2 is 1.80 bits per heavy atom. The first-order valence-electron chi connectivity index (χ1n) is 6.20. The average Bonchev–Trinajstić information content (AvgIpc) is 2.25. The molecule has 0 amide bonds. The second-order valence-electron chi connectivity index (χ2n) is 5.69. The minimum Gasteiger partial charge on any atom is -0.358 e. The zero-order valence-corrected chi connectivity index (χ0v) is 12.8. The van der Waals surface area contributed by atoms with Gasteiger partial charge in [-0.05, 0) is 30.0 Å². The quantitative estimate of drug-likeness (QED) is 0.870. The van der Waals surface area contributed by atoms with Crippen LogP contribution in [-0.4, -0.2) is 5.78 Å². The first-order valence-corrected chi connectivity index (χ1v) is 6.96. The molecule has 1 N–H and O–H groups in total. The highest BCUT2D eigenvalue weighted by Gasteiger charge is 2.33. The maximum absolute atomic E-state index is 12.0. The van der Waals surface area contributed by atoms with Crippen molar-refractivity contribution in [3.63, 3.8) is 0 Å². The number of nitrogens with one attached hydrogen (secondary N) is 1. The number of carbonyl (C=O) groups excluding carboxylic acids is 1. The Labute approximate surface area is 128 Å². The van der Waals surface area contributed by atoms with Gasteiger partial charge in [0, 0.05) is 27.9 Å². The van der Waals surface area contributed by atoms with Crippen molar-refractivity contribution in [3.05, 3.63) is 39.5 Å². The second-order valence-corrected chi connectivity index (χ2v) is 6.56. The number of nitriles is 1. The van der Waals surface area contributed by atoms with Crippen molar-refractivity contribution in [2.45, 2.75) is 26.7 Å². The molecule has 5 heteroatoms. The van der Waals surface area contributed by atoms with Crippen LogP contribution in [0.15, 0.2) is 29.5 Å². The van der Waals surface area contributed by atoms with Crippen LogP contribution in [0.3, 0.4) is 0 Å². The Morgan fingerprint density at radius 1 is 1.20 bits per heavy atom. The molecule has 1 aliphatic rings. The van der Waals surface area contributed by atoms with Crippen molar-refractivity contribution in [2.75, 3.05) is 5.32 Å². The Kier molecular flexibility index (Phi) is 4.08. The van der Waals surface area contributed by atoms with Gasteiger partial charge in [-0.15, -0.1) is 0 Å². The fourth-order valence-electron chi connectivity index (χ4n) is 2.36. The molecule has 0 saturated heterocycles. The summed E-state index contributed by atoms with van der Waals surface area (Å²) in [5.74, 6) is -0.126. The highest BCUT2D eigenvalue weighted by Crippen LogP contribution is 2.37. The molecule has 0 aromatic heterocycles. The van der Waals surface area contributed by atoms with Gasteiger partial charge in [0.05, 0.1) is 0 Å². The van der Waals surface area contributed by atoms with Gasteiger partial charge in [-0.2, -0.15) is 5.26 Å². The number of Topliss-reactive ketones (excluding diaryl/α,β-unsaturated/α-hetero) is 1. The second kappa shape index (κ2) is 5.47. The molecule has 1 aliphatic carbocycles. The van der Waals surface area contributed by atoms with E-state index < -0.39 is 0 Å². The third-order valence-electron chi connectivity index (χ3n) is 3.14. The molecule has 2 rings (SSSR count). The SMILES string of the molecule is CC1(C)CC(=O)C(C#N)=C(Nc2cc(Cl)cc(Cl)c2)C1. The molecular weight excluding hydrogens is 295 g/mol. The van der Waals surface area contributed by atoms with Crippen LogP contribution in [0.1, 0.15) is 26.7 Å². The number of benzene rings is 1. The van der Waals surface area contributed by atoms with E-state index in [-0.39, 0.29) is 16.8 Å². The number of halogens is 2. The van der Waals surface area contributed by atoms with Crippen LogP contribution in [0, 0.1) is 16.7 Å². The Bertz CT molecular complexity index is 622. The molecule has 0 aliphatic heterocycles. The molecule has 0 fully saturated rings. The van der Waals surface area contributed by atoms with E-state index >= 15 is 0 Å². The zero-order chi connectivity index (χ0) is 14.9. The van der Waals surface area contributed by atoms with Crippen LogP contribution in [0.2, 0.25) is 10.0 Å². The lowest BCUT2D eigenvalue weighted by Crippen LogP contribution is -2.28. The van der Waals surface area contributed by atoms with Crippen LogP contribution in [0.4, 0.5) is 5.69 Å².